The maximum absolute atomic E-state index is 12.3. The van der Waals surface area contributed by atoms with Crippen molar-refractivity contribution in [2.24, 2.45) is 5.92 Å². The lowest BCUT2D eigenvalue weighted by atomic mass is 9.99. The number of amides is 1. The van der Waals surface area contributed by atoms with E-state index in [1.165, 1.54) is 0 Å². The summed E-state index contributed by atoms with van der Waals surface area (Å²) in [4.78, 5) is 16.1. The molecule has 0 bridgehead atoms. The molecule has 2 rings (SSSR count). The summed E-state index contributed by atoms with van der Waals surface area (Å²) < 4.78 is 5.26. The van der Waals surface area contributed by atoms with Crippen molar-refractivity contribution in [3.8, 4) is 0 Å². The molecule has 1 amide bonds. The van der Waals surface area contributed by atoms with E-state index in [1.54, 1.807) is 0 Å². The summed E-state index contributed by atoms with van der Waals surface area (Å²) in [5.41, 5.74) is 0. The number of β-amino-alcohol motifs (C(OH)–C–C–N with tert-alkyl or cyclic N) is 1. The molecule has 0 spiro atoms. The molecule has 2 fully saturated rings. The molecule has 0 aromatic rings. The van der Waals surface area contributed by atoms with Crippen LogP contribution in [0.5, 0.6) is 0 Å². The Balaban J connectivity index is 1.92. The standard InChI is InChI=1S/C12H22N2O3/c1-13(2)10-7-14(8-11(10)15)12(16)9-3-5-17-6-4-9/h9-11,15H,3-8H2,1-2H3/t10-,11-/m1/s1. The number of rotatable bonds is 2. The highest BCUT2D eigenvalue weighted by Crippen LogP contribution is 2.22. The molecule has 2 aliphatic rings. The van der Waals surface area contributed by atoms with Gasteiger partial charge in [-0.1, -0.05) is 0 Å². The maximum Gasteiger partial charge on any atom is 0.226 e. The summed E-state index contributed by atoms with van der Waals surface area (Å²) >= 11 is 0. The summed E-state index contributed by atoms with van der Waals surface area (Å²) in [6.07, 6.45) is 1.21. The normalized spacial score (nSPS) is 31.2. The Bertz CT molecular complexity index is 277. The molecule has 2 aliphatic heterocycles. The zero-order valence-corrected chi connectivity index (χ0v) is 10.6. The number of likely N-dealkylation sites (N-methyl/N-ethyl adjacent to an activating group) is 1. The van der Waals surface area contributed by atoms with Crippen molar-refractivity contribution >= 4 is 5.91 Å². The van der Waals surface area contributed by atoms with Crippen LogP contribution >= 0.6 is 0 Å². The summed E-state index contributed by atoms with van der Waals surface area (Å²) in [5, 5.41) is 9.92. The third-order valence-electron chi connectivity index (χ3n) is 3.80. The van der Waals surface area contributed by atoms with Crippen LogP contribution in [0, 0.1) is 5.92 Å². The fourth-order valence-corrected chi connectivity index (χ4v) is 2.66. The molecular formula is C12H22N2O3. The SMILES string of the molecule is CN(C)[C@@H]1CN(C(=O)C2CCOCC2)C[C@H]1O. The number of aliphatic hydroxyl groups is 1. The van der Waals surface area contributed by atoms with E-state index in [1.807, 2.05) is 23.9 Å². The summed E-state index contributed by atoms with van der Waals surface area (Å²) in [6.45, 7) is 2.48. The molecular weight excluding hydrogens is 220 g/mol. The highest BCUT2D eigenvalue weighted by molar-refractivity contribution is 5.79. The van der Waals surface area contributed by atoms with Crippen molar-refractivity contribution in [3.05, 3.63) is 0 Å². The van der Waals surface area contributed by atoms with Gasteiger partial charge in [-0.15, -0.1) is 0 Å². The van der Waals surface area contributed by atoms with Gasteiger partial charge in [0, 0.05) is 32.2 Å². The molecule has 0 radical (unpaired) electrons. The fraction of sp³-hybridized carbons (Fsp3) is 0.917. The zero-order chi connectivity index (χ0) is 12.4. The van der Waals surface area contributed by atoms with Crippen molar-refractivity contribution < 1.29 is 14.6 Å². The molecule has 17 heavy (non-hydrogen) atoms. The highest BCUT2D eigenvalue weighted by atomic mass is 16.5. The first-order chi connectivity index (χ1) is 8.09. The predicted octanol–water partition coefficient (Wildman–Crippen LogP) is -0.454. The second-order valence-corrected chi connectivity index (χ2v) is 5.23. The van der Waals surface area contributed by atoms with E-state index in [0.717, 1.165) is 12.8 Å². The second kappa shape index (κ2) is 5.33. The monoisotopic (exact) mass is 242 g/mol. The first-order valence-electron chi connectivity index (χ1n) is 6.30. The summed E-state index contributed by atoms with van der Waals surface area (Å²) in [5.74, 6) is 0.286. The Morgan fingerprint density at radius 2 is 1.94 bits per heavy atom. The van der Waals surface area contributed by atoms with Crippen LogP contribution in [-0.4, -0.2) is 73.4 Å². The van der Waals surface area contributed by atoms with Gasteiger partial charge in [0.1, 0.15) is 0 Å². The summed E-state index contributed by atoms with van der Waals surface area (Å²) in [6, 6.07) is 0.0683. The molecule has 0 aromatic heterocycles. The summed E-state index contributed by atoms with van der Waals surface area (Å²) in [7, 11) is 3.88. The number of aliphatic hydroxyl groups excluding tert-OH is 1. The number of likely N-dealkylation sites (tertiary alicyclic amines) is 1. The quantitative estimate of drug-likeness (QED) is 0.712. The Morgan fingerprint density at radius 1 is 1.29 bits per heavy atom. The van der Waals surface area contributed by atoms with Crippen LogP contribution in [0.25, 0.3) is 0 Å². The molecule has 0 unspecified atom stereocenters. The van der Waals surface area contributed by atoms with E-state index in [2.05, 4.69) is 0 Å². The average Bonchev–Trinajstić information content (AvgIpc) is 2.71. The Morgan fingerprint density at radius 3 is 2.47 bits per heavy atom. The van der Waals surface area contributed by atoms with E-state index >= 15 is 0 Å². The van der Waals surface area contributed by atoms with E-state index in [-0.39, 0.29) is 17.9 Å². The molecule has 2 saturated heterocycles. The van der Waals surface area contributed by atoms with Crippen molar-refractivity contribution in [1.82, 2.24) is 9.80 Å². The number of hydrogen-bond donors (Lipinski definition) is 1. The lowest BCUT2D eigenvalue weighted by molar-refractivity contribution is -0.137. The van der Waals surface area contributed by atoms with Gasteiger partial charge in [-0.3, -0.25) is 4.79 Å². The van der Waals surface area contributed by atoms with Crippen LogP contribution in [0.4, 0.5) is 0 Å². The zero-order valence-electron chi connectivity index (χ0n) is 10.6. The Labute approximate surface area is 102 Å². The van der Waals surface area contributed by atoms with Crippen molar-refractivity contribution in [2.75, 3.05) is 40.4 Å². The smallest absolute Gasteiger partial charge is 0.226 e. The van der Waals surface area contributed by atoms with Crippen LogP contribution < -0.4 is 0 Å². The van der Waals surface area contributed by atoms with Crippen LogP contribution in [0.2, 0.25) is 0 Å². The molecule has 0 aliphatic carbocycles. The molecule has 5 heteroatoms. The lowest BCUT2D eigenvalue weighted by Crippen LogP contribution is -2.40. The van der Waals surface area contributed by atoms with Crippen molar-refractivity contribution in [3.63, 3.8) is 0 Å². The molecule has 5 nitrogen and oxygen atoms in total. The topological polar surface area (TPSA) is 53.0 Å². The van der Waals surface area contributed by atoms with Gasteiger partial charge < -0.3 is 19.6 Å². The first-order valence-corrected chi connectivity index (χ1v) is 6.30. The van der Waals surface area contributed by atoms with E-state index in [9.17, 15) is 9.90 Å². The maximum atomic E-state index is 12.3. The molecule has 2 atom stereocenters. The second-order valence-electron chi connectivity index (χ2n) is 5.23. The van der Waals surface area contributed by atoms with Crippen LogP contribution in [0.1, 0.15) is 12.8 Å². The minimum Gasteiger partial charge on any atom is -0.390 e. The number of hydrogen-bond acceptors (Lipinski definition) is 4. The van der Waals surface area contributed by atoms with Crippen molar-refractivity contribution in [2.45, 2.75) is 25.0 Å². The van der Waals surface area contributed by atoms with E-state index in [4.69, 9.17) is 4.74 Å². The number of ether oxygens (including phenoxy) is 1. The van der Waals surface area contributed by atoms with E-state index in [0.29, 0.717) is 26.3 Å². The van der Waals surface area contributed by atoms with Crippen LogP contribution in [-0.2, 0) is 9.53 Å². The fourth-order valence-electron chi connectivity index (χ4n) is 2.66. The Hall–Kier alpha value is -0.650. The van der Waals surface area contributed by atoms with Gasteiger partial charge in [-0.2, -0.15) is 0 Å². The van der Waals surface area contributed by atoms with E-state index < -0.39 is 6.10 Å². The molecule has 0 saturated carbocycles. The number of carbonyl (C=O) groups is 1. The van der Waals surface area contributed by atoms with Gasteiger partial charge in [-0.05, 0) is 26.9 Å². The van der Waals surface area contributed by atoms with Crippen LogP contribution in [0.15, 0.2) is 0 Å². The third-order valence-corrected chi connectivity index (χ3v) is 3.80. The predicted molar refractivity (Wildman–Crippen MR) is 63.6 cm³/mol. The average molecular weight is 242 g/mol. The van der Waals surface area contributed by atoms with Gasteiger partial charge >= 0.3 is 0 Å². The number of carbonyl (C=O) groups excluding carboxylic acids is 1. The molecule has 98 valence electrons. The molecule has 2 heterocycles. The highest BCUT2D eigenvalue weighted by Gasteiger charge is 2.37. The minimum absolute atomic E-state index is 0.0683. The minimum atomic E-state index is -0.422. The lowest BCUT2D eigenvalue weighted by Gasteiger charge is -2.26. The van der Waals surface area contributed by atoms with Crippen molar-refractivity contribution in [1.29, 1.82) is 0 Å². The van der Waals surface area contributed by atoms with Gasteiger partial charge in [0.15, 0.2) is 0 Å². The van der Waals surface area contributed by atoms with Gasteiger partial charge in [0.05, 0.1) is 12.1 Å². The van der Waals surface area contributed by atoms with Gasteiger partial charge in [-0.25, -0.2) is 0 Å². The third kappa shape index (κ3) is 2.78. The number of nitrogens with zero attached hydrogens (tertiary/aromatic N) is 2. The largest absolute Gasteiger partial charge is 0.390 e. The first kappa shape index (κ1) is 12.8. The van der Waals surface area contributed by atoms with Gasteiger partial charge in [0.25, 0.3) is 0 Å². The molecule has 0 aromatic carbocycles. The van der Waals surface area contributed by atoms with Crippen LogP contribution in [0.3, 0.4) is 0 Å². The molecule has 1 N–H and O–H groups in total. The van der Waals surface area contributed by atoms with Gasteiger partial charge in [0.2, 0.25) is 5.91 Å². The Kier molecular flexibility index (Phi) is 4.01.